The molecule has 2 heterocycles. The first-order valence-electron chi connectivity index (χ1n) is 8.70. The Morgan fingerprint density at radius 3 is 3.00 bits per heavy atom. The molecule has 0 radical (unpaired) electrons. The third kappa shape index (κ3) is 5.05. The van der Waals surface area contributed by atoms with Gasteiger partial charge in [-0.3, -0.25) is 4.79 Å². The molecule has 1 fully saturated rings. The predicted octanol–water partition coefficient (Wildman–Crippen LogP) is 2.18. The minimum absolute atomic E-state index is 0.0827. The highest BCUT2D eigenvalue weighted by atomic mass is 32.2. The Labute approximate surface area is 160 Å². The monoisotopic (exact) mass is 389 g/mol. The van der Waals surface area contributed by atoms with Crippen LogP contribution in [-0.2, 0) is 28.2 Å². The number of aryl methyl sites for hydroxylation is 1. The van der Waals surface area contributed by atoms with Crippen LogP contribution in [0.25, 0.3) is 0 Å². The average Bonchev–Trinajstić information content (AvgIpc) is 3.29. The standard InChI is InChI=1S/C18H20FN5O2S/c19-15-8-12(9-20)3-4-13(15)11-27-18-23-22-17(6-5-16(21)25)24(18)10-14-2-1-7-26-14/h3-4,8,14H,1-2,5-7,10-11H2,(H2,21,25). The number of primary amides is 1. The van der Waals surface area contributed by atoms with E-state index in [9.17, 15) is 9.18 Å². The first-order valence-corrected chi connectivity index (χ1v) is 9.68. The fraction of sp³-hybridized carbons (Fsp3) is 0.444. The van der Waals surface area contributed by atoms with Crippen LogP contribution in [0.3, 0.4) is 0 Å². The van der Waals surface area contributed by atoms with E-state index in [4.69, 9.17) is 15.7 Å². The molecule has 142 valence electrons. The Kier molecular flexibility index (Phi) is 6.42. The number of nitrogens with two attached hydrogens (primary N) is 1. The van der Waals surface area contributed by atoms with Gasteiger partial charge >= 0.3 is 0 Å². The van der Waals surface area contributed by atoms with Gasteiger partial charge in [0.05, 0.1) is 24.3 Å². The molecule has 0 saturated carbocycles. The molecule has 2 N–H and O–H groups in total. The molecule has 1 aromatic heterocycles. The van der Waals surface area contributed by atoms with Gasteiger partial charge in [0.2, 0.25) is 5.91 Å². The van der Waals surface area contributed by atoms with Gasteiger partial charge < -0.3 is 15.0 Å². The summed E-state index contributed by atoms with van der Waals surface area (Å²) in [5, 5.41) is 17.9. The minimum Gasteiger partial charge on any atom is -0.376 e. The first-order chi connectivity index (χ1) is 13.1. The molecule has 3 rings (SSSR count). The van der Waals surface area contributed by atoms with E-state index in [2.05, 4.69) is 10.2 Å². The van der Waals surface area contributed by atoms with Gasteiger partial charge in [0, 0.05) is 25.2 Å². The number of hydrogen-bond donors (Lipinski definition) is 1. The molecule has 1 unspecified atom stereocenters. The maximum absolute atomic E-state index is 14.1. The fourth-order valence-corrected chi connectivity index (χ4v) is 3.85. The molecule has 1 aliphatic rings. The number of nitriles is 1. The van der Waals surface area contributed by atoms with Crippen molar-refractivity contribution in [1.82, 2.24) is 14.8 Å². The summed E-state index contributed by atoms with van der Waals surface area (Å²) in [6.07, 6.45) is 2.66. The summed E-state index contributed by atoms with van der Waals surface area (Å²) in [5.74, 6) is 0.222. The number of hydrogen-bond acceptors (Lipinski definition) is 6. The highest BCUT2D eigenvalue weighted by molar-refractivity contribution is 7.98. The van der Waals surface area contributed by atoms with Crippen LogP contribution >= 0.6 is 11.8 Å². The Morgan fingerprint density at radius 1 is 1.48 bits per heavy atom. The van der Waals surface area contributed by atoms with Crippen LogP contribution in [0.5, 0.6) is 0 Å². The van der Waals surface area contributed by atoms with E-state index in [1.807, 2.05) is 10.6 Å². The van der Waals surface area contributed by atoms with Crippen molar-refractivity contribution in [3.05, 3.63) is 41.0 Å². The third-order valence-corrected chi connectivity index (χ3v) is 5.35. The Hall–Kier alpha value is -2.44. The summed E-state index contributed by atoms with van der Waals surface area (Å²) < 4.78 is 21.7. The maximum atomic E-state index is 14.1. The van der Waals surface area contributed by atoms with Crippen molar-refractivity contribution in [2.75, 3.05) is 6.61 Å². The van der Waals surface area contributed by atoms with E-state index in [-0.39, 0.29) is 18.1 Å². The van der Waals surface area contributed by atoms with Crippen LogP contribution in [0.1, 0.15) is 36.2 Å². The number of carbonyl (C=O) groups excluding carboxylic acids is 1. The van der Waals surface area contributed by atoms with E-state index in [1.54, 1.807) is 12.1 Å². The van der Waals surface area contributed by atoms with Gasteiger partial charge in [0.1, 0.15) is 11.6 Å². The minimum atomic E-state index is -0.416. The normalized spacial score (nSPS) is 16.4. The zero-order valence-electron chi connectivity index (χ0n) is 14.7. The number of benzene rings is 1. The summed E-state index contributed by atoms with van der Waals surface area (Å²) in [6.45, 7) is 1.33. The molecule has 9 heteroatoms. The third-order valence-electron chi connectivity index (χ3n) is 4.34. The molecule has 1 saturated heterocycles. The number of nitrogens with zero attached hydrogens (tertiary/aromatic N) is 4. The highest BCUT2D eigenvalue weighted by Crippen LogP contribution is 2.26. The number of rotatable bonds is 8. The summed E-state index contributed by atoms with van der Waals surface area (Å²) in [7, 11) is 0. The lowest BCUT2D eigenvalue weighted by Gasteiger charge is -2.14. The molecular weight excluding hydrogens is 369 g/mol. The van der Waals surface area contributed by atoms with Gasteiger partial charge in [-0.15, -0.1) is 10.2 Å². The number of ether oxygens (including phenoxy) is 1. The van der Waals surface area contributed by atoms with Crippen LogP contribution in [0.2, 0.25) is 0 Å². The van der Waals surface area contributed by atoms with Crippen LogP contribution in [0, 0.1) is 17.1 Å². The molecule has 0 bridgehead atoms. The SMILES string of the molecule is N#Cc1ccc(CSc2nnc(CCC(N)=O)n2CC2CCCO2)c(F)c1. The second kappa shape index (κ2) is 8.97. The number of halogens is 1. The smallest absolute Gasteiger partial charge is 0.217 e. The first kappa shape index (κ1) is 19.3. The van der Waals surface area contributed by atoms with Gasteiger partial charge in [-0.25, -0.2) is 4.39 Å². The van der Waals surface area contributed by atoms with Crippen molar-refractivity contribution in [2.45, 2.75) is 49.2 Å². The van der Waals surface area contributed by atoms with Gasteiger partial charge in [-0.05, 0) is 30.5 Å². The van der Waals surface area contributed by atoms with E-state index in [1.165, 1.54) is 17.8 Å². The summed E-state index contributed by atoms with van der Waals surface area (Å²) >= 11 is 1.36. The van der Waals surface area contributed by atoms with Crippen molar-refractivity contribution in [2.24, 2.45) is 5.73 Å². The number of amides is 1. The van der Waals surface area contributed by atoms with Crippen LogP contribution < -0.4 is 5.73 Å². The van der Waals surface area contributed by atoms with E-state index < -0.39 is 11.7 Å². The van der Waals surface area contributed by atoms with Crippen LogP contribution in [-0.4, -0.2) is 33.4 Å². The topological polar surface area (TPSA) is 107 Å². The molecular formula is C18H20FN5O2S. The predicted molar refractivity (Wildman–Crippen MR) is 97.2 cm³/mol. The van der Waals surface area contributed by atoms with Crippen molar-refractivity contribution in [3.8, 4) is 6.07 Å². The zero-order chi connectivity index (χ0) is 19.2. The molecule has 0 spiro atoms. The Morgan fingerprint density at radius 2 is 2.33 bits per heavy atom. The number of thioether (sulfide) groups is 1. The highest BCUT2D eigenvalue weighted by Gasteiger charge is 2.21. The summed E-state index contributed by atoms with van der Waals surface area (Å²) in [6, 6.07) is 6.35. The van der Waals surface area contributed by atoms with E-state index >= 15 is 0 Å². The average molecular weight is 389 g/mol. The van der Waals surface area contributed by atoms with E-state index in [0.29, 0.717) is 35.3 Å². The molecule has 7 nitrogen and oxygen atoms in total. The van der Waals surface area contributed by atoms with Gasteiger partial charge in [-0.2, -0.15) is 5.26 Å². The van der Waals surface area contributed by atoms with Gasteiger partial charge in [0.25, 0.3) is 0 Å². The second-order valence-electron chi connectivity index (χ2n) is 6.32. The second-order valence-corrected chi connectivity index (χ2v) is 7.26. The quantitative estimate of drug-likeness (QED) is 0.694. The molecule has 0 aliphatic carbocycles. The van der Waals surface area contributed by atoms with Crippen LogP contribution in [0.15, 0.2) is 23.4 Å². The lowest BCUT2D eigenvalue weighted by molar-refractivity contribution is -0.118. The largest absolute Gasteiger partial charge is 0.376 e. The van der Waals surface area contributed by atoms with Crippen LogP contribution in [0.4, 0.5) is 4.39 Å². The Balaban J connectivity index is 1.75. The zero-order valence-corrected chi connectivity index (χ0v) is 15.5. The molecule has 1 aliphatic heterocycles. The Bertz CT molecular complexity index is 858. The maximum Gasteiger partial charge on any atom is 0.217 e. The van der Waals surface area contributed by atoms with Gasteiger partial charge in [0.15, 0.2) is 5.16 Å². The van der Waals surface area contributed by atoms with Gasteiger partial charge in [-0.1, -0.05) is 17.8 Å². The molecule has 1 atom stereocenters. The van der Waals surface area contributed by atoms with E-state index in [0.717, 1.165) is 19.4 Å². The van der Waals surface area contributed by atoms with Crippen molar-refractivity contribution < 1.29 is 13.9 Å². The number of aromatic nitrogens is 3. The summed E-state index contributed by atoms with van der Waals surface area (Å²) in [4.78, 5) is 11.1. The fourth-order valence-electron chi connectivity index (χ4n) is 2.90. The van der Waals surface area contributed by atoms with Crippen molar-refractivity contribution in [3.63, 3.8) is 0 Å². The summed E-state index contributed by atoms with van der Waals surface area (Å²) in [5.41, 5.74) is 6.02. The van der Waals surface area contributed by atoms with Crippen molar-refractivity contribution >= 4 is 17.7 Å². The number of carbonyl (C=O) groups is 1. The molecule has 2 aromatic rings. The lowest BCUT2D eigenvalue weighted by Crippen LogP contribution is -2.19. The molecule has 1 amide bonds. The molecule has 27 heavy (non-hydrogen) atoms. The lowest BCUT2D eigenvalue weighted by atomic mass is 10.1. The van der Waals surface area contributed by atoms with Crippen molar-refractivity contribution in [1.29, 1.82) is 5.26 Å². The molecule has 1 aromatic carbocycles.